The van der Waals surface area contributed by atoms with Crippen molar-refractivity contribution in [3.8, 4) is 0 Å². The maximum absolute atomic E-state index is 2.47. The van der Waals surface area contributed by atoms with Crippen LogP contribution in [0.1, 0.15) is 68.6 Å². The molecule has 0 saturated carbocycles. The van der Waals surface area contributed by atoms with Crippen LogP contribution < -0.4 is 21.2 Å². The zero-order valence-corrected chi connectivity index (χ0v) is 15.8. The topological polar surface area (TPSA) is 0 Å². The first-order valence-corrected chi connectivity index (χ1v) is 10.3. The number of aryl methyl sites for hydroxylation is 3. The molecule has 0 saturated heterocycles. The first kappa shape index (κ1) is 17.7. The molecule has 0 amide bonds. The highest BCUT2D eigenvalue weighted by Gasteiger charge is 2.15. The van der Waals surface area contributed by atoms with Crippen molar-refractivity contribution in [2.45, 2.75) is 72.6 Å². The quantitative estimate of drug-likeness (QED) is 0.453. The molecule has 0 heterocycles. The summed E-state index contributed by atoms with van der Waals surface area (Å²) in [6.07, 6.45) is 12.1. The van der Waals surface area contributed by atoms with E-state index in [2.05, 4.69) is 50.0 Å². The van der Waals surface area contributed by atoms with E-state index < -0.39 is 0 Å². The van der Waals surface area contributed by atoms with Gasteiger partial charge in [0, 0.05) is 11.1 Å². The zero-order valence-electron chi connectivity index (χ0n) is 13.6. The summed E-state index contributed by atoms with van der Waals surface area (Å²) >= 11 is 0.0579. The Hall–Kier alpha value is -0.310. The van der Waals surface area contributed by atoms with E-state index >= 15 is 0 Å². The lowest BCUT2D eigenvalue weighted by Gasteiger charge is -1.99. The Morgan fingerprint density at radius 2 is 1.50 bits per heavy atom. The van der Waals surface area contributed by atoms with E-state index in [1.807, 2.05) is 0 Å². The summed E-state index contributed by atoms with van der Waals surface area (Å²) in [5, 5.41) is 0. The van der Waals surface area contributed by atoms with Crippen molar-refractivity contribution < 1.29 is 21.2 Å². The normalized spacial score (nSPS) is 11.4. The summed E-state index contributed by atoms with van der Waals surface area (Å²) in [5.41, 5.74) is 4.36. The number of unbranched alkanes of at least 4 members (excludes halogenated alkanes) is 6. The van der Waals surface area contributed by atoms with Gasteiger partial charge in [0.25, 0.3) is 0 Å². The molecule has 0 atom stereocenters. The highest BCUT2D eigenvalue weighted by molar-refractivity contribution is 5.26. The SMILES string of the molecule is CCCCCCCC/C=C/[I+]c1c(C)cc(C)cc1C. The van der Waals surface area contributed by atoms with Crippen molar-refractivity contribution in [1.82, 2.24) is 0 Å². The molecule has 1 aromatic rings. The Balaban J connectivity index is 2.25. The fourth-order valence-corrected chi connectivity index (χ4v) is 4.81. The number of hydrogen-bond donors (Lipinski definition) is 0. The molecule has 1 aromatic carbocycles. The van der Waals surface area contributed by atoms with E-state index in [0.29, 0.717) is 0 Å². The fraction of sp³-hybridized carbons (Fsp3) is 0.579. The van der Waals surface area contributed by atoms with Gasteiger partial charge in [-0.05, 0) is 39.7 Å². The zero-order chi connectivity index (χ0) is 14.8. The van der Waals surface area contributed by atoms with Crippen LogP contribution in [0.2, 0.25) is 0 Å². The molecule has 0 unspecified atom stereocenters. The summed E-state index contributed by atoms with van der Waals surface area (Å²) < 4.78 is 4.09. The molecular weight excluding hydrogens is 355 g/mol. The van der Waals surface area contributed by atoms with Crippen LogP contribution in [-0.4, -0.2) is 0 Å². The first-order valence-electron chi connectivity index (χ1n) is 8.01. The molecule has 0 aliphatic carbocycles. The van der Waals surface area contributed by atoms with Crippen LogP contribution in [0.3, 0.4) is 0 Å². The van der Waals surface area contributed by atoms with E-state index in [1.165, 1.54) is 61.6 Å². The Kier molecular flexibility index (Phi) is 9.24. The van der Waals surface area contributed by atoms with Gasteiger partial charge < -0.3 is 0 Å². The molecule has 0 N–H and O–H groups in total. The summed E-state index contributed by atoms with van der Waals surface area (Å²) in [4.78, 5) is 0. The highest BCUT2D eigenvalue weighted by Crippen LogP contribution is 2.08. The molecule has 0 aliphatic heterocycles. The van der Waals surface area contributed by atoms with E-state index in [1.54, 1.807) is 3.57 Å². The van der Waals surface area contributed by atoms with Crippen molar-refractivity contribution >= 4 is 0 Å². The summed E-state index contributed by atoms with van der Waals surface area (Å²) in [5.74, 6) is 0. The van der Waals surface area contributed by atoms with E-state index in [0.717, 1.165) is 0 Å². The van der Waals surface area contributed by atoms with Gasteiger partial charge in [0.15, 0.2) is 7.65 Å². The van der Waals surface area contributed by atoms with Crippen molar-refractivity contribution in [3.63, 3.8) is 0 Å². The Bertz CT molecular complexity index is 395. The maximum Gasteiger partial charge on any atom is 0.349 e. The van der Waals surface area contributed by atoms with E-state index in [9.17, 15) is 0 Å². The lowest BCUT2D eigenvalue weighted by molar-refractivity contribution is -0.558. The fourth-order valence-electron chi connectivity index (χ4n) is 2.55. The second-order valence-electron chi connectivity index (χ2n) is 5.74. The molecule has 1 rings (SSSR count). The Morgan fingerprint density at radius 3 is 2.15 bits per heavy atom. The molecule has 0 aliphatic rings. The monoisotopic (exact) mass is 385 g/mol. The van der Waals surface area contributed by atoms with E-state index in [-0.39, 0.29) is 21.2 Å². The lowest BCUT2D eigenvalue weighted by Crippen LogP contribution is -3.59. The van der Waals surface area contributed by atoms with Crippen molar-refractivity contribution in [3.05, 3.63) is 42.6 Å². The third-order valence-electron chi connectivity index (χ3n) is 3.57. The molecule has 0 radical (unpaired) electrons. The van der Waals surface area contributed by atoms with Crippen LogP contribution in [0.5, 0.6) is 0 Å². The molecule has 0 spiro atoms. The predicted octanol–water partition coefficient (Wildman–Crippen LogP) is 3.13. The standard InChI is InChI=1S/C19H30I/c1-5-6-7-8-9-10-11-12-13-20-19-17(3)14-16(2)15-18(19)4/h12-15H,5-11H2,1-4H3/q+1/b13-12+. The van der Waals surface area contributed by atoms with Gasteiger partial charge in [-0.2, -0.15) is 0 Å². The Labute approximate surface area is 136 Å². The molecule has 112 valence electrons. The van der Waals surface area contributed by atoms with Gasteiger partial charge in [0.05, 0.1) is 0 Å². The third-order valence-corrected chi connectivity index (χ3v) is 6.76. The lowest BCUT2D eigenvalue weighted by atomic mass is 10.1. The molecule has 20 heavy (non-hydrogen) atoms. The van der Waals surface area contributed by atoms with Gasteiger partial charge in [-0.1, -0.05) is 56.7 Å². The number of halogens is 1. The van der Waals surface area contributed by atoms with Gasteiger partial charge in [-0.3, -0.25) is 0 Å². The predicted molar refractivity (Wildman–Crippen MR) is 86.5 cm³/mol. The average molecular weight is 385 g/mol. The minimum absolute atomic E-state index is 0.0579. The third kappa shape index (κ3) is 6.92. The summed E-state index contributed by atoms with van der Waals surface area (Å²) in [6, 6.07) is 4.65. The van der Waals surface area contributed by atoms with Crippen molar-refractivity contribution in [1.29, 1.82) is 0 Å². The Morgan fingerprint density at radius 1 is 0.900 bits per heavy atom. The summed E-state index contributed by atoms with van der Waals surface area (Å²) in [6.45, 7) is 8.99. The minimum atomic E-state index is 0.0579. The molecule has 0 nitrogen and oxygen atoms in total. The van der Waals surface area contributed by atoms with Crippen LogP contribution in [0.25, 0.3) is 0 Å². The van der Waals surface area contributed by atoms with Crippen LogP contribution in [-0.2, 0) is 0 Å². The number of hydrogen-bond acceptors (Lipinski definition) is 0. The second kappa shape index (κ2) is 10.4. The van der Waals surface area contributed by atoms with Crippen molar-refractivity contribution in [2.75, 3.05) is 0 Å². The van der Waals surface area contributed by atoms with Crippen LogP contribution in [0.15, 0.2) is 22.3 Å². The van der Waals surface area contributed by atoms with Gasteiger partial charge in [0.2, 0.25) is 0 Å². The minimum Gasteiger partial charge on any atom is -0.0654 e. The van der Waals surface area contributed by atoms with Crippen molar-refractivity contribution in [2.24, 2.45) is 0 Å². The molecule has 1 heteroatoms. The first-order chi connectivity index (χ1) is 9.65. The molecule has 0 aromatic heterocycles. The van der Waals surface area contributed by atoms with Crippen LogP contribution >= 0.6 is 0 Å². The van der Waals surface area contributed by atoms with Gasteiger partial charge in [0.1, 0.15) is 0 Å². The van der Waals surface area contributed by atoms with Gasteiger partial charge >= 0.3 is 21.2 Å². The summed E-state index contributed by atoms with van der Waals surface area (Å²) in [7, 11) is 0. The van der Waals surface area contributed by atoms with Gasteiger partial charge in [-0.15, -0.1) is 0 Å². The van der Waals surface area contributed by atoms with Crippen LogP contribution in [0, 0.1) is 24.3 Å². The van der Waals surface area contributed by atoms with Crippen LogP contribution in [0.4, 0.5) is 0 Å². The molecular formula is C19H30I+. The molecule has 0 fully saturated rings. The number of rotatable bonds is 9. The highest BCUT2D eigenvalue weighted by atomic mass is 127. The smallest absolute Gasteiger partial charge is 0.0654 e. The van der Waals surface area contributed by atoms with Gasteiger partial charge in [-0.25, -0.2) is 0 Å². The van der Waals surface area contributed by atoms with E-state index in [4.69, 9.17) is 0 Å². The number of benzene rings is 1. The maximum atomic E-state index is 2.47. The molecule has 0 bridgehead atoms. The average Bonchev–Trinajstić information content (AvgIpc) is 2.39. The largest absolute Gasteiger partial charge is 0.349 e. The number of allylic oxidation sites excluding steroid dienone is 1. The second-order valence-corrected chi connectivity index (χ2v) is 8.16.